The minimum absolute atomic E-state index is 0.0246. The number of rotatable bonds is 8. The van der Waals surface area contributed by atoms with Crippen LogP contribution in [-0.4, -0.2) is 65.4 Å². The number of hydrogen-bond donors (Lipinski definition) is 3. The summed E-state index contributed by atoms with van der Waals surface area (Å²) < 4.78 is 70.5. The van der Waals surface area contributed by atoms with Crippen molar-refractivity contribution in [3.05, 3.63) is 47.7 Å². The van der Waals surface area contributed by atoms with Gasteiger partial charge in [0.1, 0.15) is 11.7 Å². The molecule has 16 heteroatoms. The van der Waals surface area contributed by atoms with Crippen molar-refractivity contribution in [3.63, 3.8) is 0 Å². The first-order valence-electron chi connectivity index (χ1n) is 13.4. The molecule has 42 heavy (non-hydrogen) atoms. The zero-order chi connectivity index (χ0) is 30.4. The summed E-state index contributed by atoms with van der Waals surface area (Å²) in [6.45, 7) is 2.24. The van der Waals surface area contributed by atoms with E-state index in [0.717, 1.165) is 0 Å². The predicted octanol–water partition coefficient (Wildman–Crippen LogP) is 3.31. The molecular weight excluding hydrogens is 569 g/mol. The monoisotopic (exact) mass is 597 g/mol. The average Bonchev–Trinajstić information content (AvgIpc) is 3.64. The van der Waals surface area contributed by atoms with Crippen molar-refractivity contribution in [3.8, 4) is 0 Å². The van der Waals surface area contributed by atoms with Gasteiger partial charge in [-0.15, -0.1) is 0 Å². The van der Waals surface area contributed by atoms with Crippen LogP contribution in [0, 0.1) is 11.3 Å². The second kappa shape index (κ2) is 10.6. The highest BCUT2D eigenvalue weighted by Gasteiger charge is 2.59. The lowest BCUT2D eigenvalue weighted by Crippen LogP contribution is -2.41. The molecule has 4 heterocycles. The van der Waals surface area contributed by atoms with Crippen molar-refractivity contribution in [1.29, 1.82) is 0 Å². The van der Waals surface area contributed by atoms with Crippen LogP contribution >= 0.6 is 0 Å². The number of nitrogens with zero attached hydrogens (tertiary/aromatic N) is 5. The Kier molecular flexibility index (Phi) is 7.43. The maximum atomic E-state index is 14.0. The van der Waals surface area contributed by atoms with Gasteiger partial charge in [0.05, 0.1) is 23.6 Å². The standard InChI is InChI=1S/C26H28F5N7O4/c1-2-37-17(7-10-32-37)21(39)35-20(14-5-8-25(27,28)9-6-14)16-13-38-19(33-16)4-3-15(36-38)11-24(23(41)42)12-18(26(29,30)31)34-22(24)40/h3-4,7,10,13-14,18,20H,2,5-6,8-9,11-12H2,1H3,(H,34,40)(H,35,39)(H,41,42)/t18-,20+,24?/m1/s1. The highest BCUT2D eigenvalue weighted by Crippen LogP contribution is 2.42. The molecule has 0 radical (unpaired) electrons. The molecule has 3 aromatic heterocycles. The maximum Gasteiger partial charge on any atom is 0.408 e. The second-order valence-electron chi connectivity index (χ2n) is 10.8. The van der Waals surface area contributed by atoms with E-state index < -0.39 is 60.2 Å². The van der Waals surface area contributed by atoms with Gasteiger partial charge in [-0.2, -0.15) is 23.4 Å². The number of hydrogen-bond acceptors (Lipinski definition) is 6. The van der Waals surface area contributed by atoms with Crippen molar-refractivity contribution in [2.45, 2.75) is 76.2 Å². The summed E-state index contributed by atoms with van der Waals surface area (Å²) in [5.74, 6) is -6.62. The van der Waals surface area contributed by atoms with Crippen molar-refractivity contribution >= 4 is 23.4 Å². The zero-order valence-corrected chi connectivity index (χ0v) is 22.4. The van der Waals surface area contributed by atoms with Gasteiger partial charge in [0.2, 0.25) is 11.8 Å². The van der Waals surface area contributed by atoms with Crippen LogP contribution in [0.4, 0.5) is 22.0 Å². The van der Waals surface area contributed by atoms with Gasteiger partial charge >= 0.3 is 12.1 Å². The number of aryl methyl sites for hydroxylation is 1. The van der Waals surface area contributed by atoms with Crippen LogP contribution in [0.2, 0.25) is 0 Å². The number of carbonyl (C=O) groups is 3. The predicted molar refractivity (Wildman–Crippen MR) is 134 cm³/mol. The van der Waals surface area contributed by atoms with Crippen LogP contribution in [0.3, 0.4) is 0 Å². The van der Waals surface area contributed by atoms with Gasteiger partial charge in [-0.3, -0.25) is 19.1 Å². The van der Waals surface area contributed by atoms with Crippen LogP contribution in [0.1, 0.15) is 66.9 Å². The summed E-state index contributed by atoms with van der Waals surface area (Å²) in [7, 11) is 0. The van der Waals surface area contributed by atoms with Gasteiger partial charge in [0, 0.05) is 38.4 Å². The highest BCUT2D eigenvalue weighted by molar-refractivity contribution is 6.04. The van der Waals surface area contributed by atoms with E-state index in [1.807, 2.05) is 6.92 Å². The van der Waals surface area contributed by atoms with Crippen molar-refractivity contribution in [2.75, 3.05) is 0 Å². The van der Waals surface area contributed by atoms with Gasteiger partial charge in [-0.05, 0) is 43.9 Å². The molecule has 3 aromatic rings. The Morgan fingerprint density at radius 3 is 2.55 bits per heavy atom. The first-order valence-corrected chi connectivity index (χ1v) is 13.4. The Hall–Kier alpha value is -4.11. The molecule has 2 amide bonds. The van der Waals surface area contributed by atoms with Gasteiger partial charge < -0.3 is 15.7 Å². The van der Waals surface area contributed by atoms with E-state index in [-0.39, 0.29) is 48.6 Å². The normalized spacial score (nSPS) is 23.6. The fourth-order valence-electron chi connectivity index (χ4n) is 5.71. The Morgan fingerprint density at radius 2 is 1.93 bits per heavy atom. The number of fused-ring (bicyclic) bond motifs is 1. The zero-order valence-electron chi connectivity index (χ0n) is 22.4. The van der Waals surface area contributed by atoms with Crippen molar-refractivity contribution < 1.29 is 41.4 Å². The number of alkyl halides is 5. The van der Waals surface area contributed by atoms with Gasteiger partial charge in [0.25, 0.3) is 5.91 Å². The van der Waals surface area contributed by atoms with E-state index in [9.17, 15) is 41.4 Å². The third kappa shape index (κ3) is 5.53. The Labute approximate surface area is 235 Å². The molecule has 1 saturated carbocycles. The molecule has 1 aliphatic carbocycles. The number of aliphatic carboxylic acids is 1. The molecule has 2 fully saturated rings. The molecular formula is C26H28F5N7O4. The Balaban J connectivity index is 1.45. The molecule has 5 rings (SSSR count). The van der Waals surface area contributed by atoms with Crippen LogP contribution < -0.4 is 10.6 Å². The number of carbonyl (C=O) groups excluding carboxylic acids is 2. The van der Waals surface area contributed by atoms with Gasteiger partial charge in [-0.25, -0.2) is 18.3 Å². The lowest BCUT2D eigenvalue weighted by molar-refractivity contribution is -0.158. The number of carboxylic acid groups (broad SMARTS) is 1. The van der Waals surface area contributed by atoms with Crippen LogP contribution in [0.5, 0.6) is 0 Å². The lowest BCUT2D eigenvalue weighted by atomic mass is 9.80. The minimum atomic E-state index is -4.82. The molecule has 2 aliphatic rings. The largest absolute Gasteiger partial charge is 0.480 e. The number of halogens is 5. The Morgan fingerprint density at radius 1 is 1.21 bits per heavy atom. The number of nitrogens with one attached hydrogen (secondary N) is 2. The fourth-order valence-corrected chi connectivity index (χ4v) is 5.71. The smallest absolute Gasteiger partial charge is 0.408 e. The molecule has 11 nitrogen and oxygen atoms in total. The molecule has 3 atom stereocenters. The van der Waals surface area contributed by atoms with E-state index in [4.69, 9.17) is 0 Å². The van der Waals surface area contributed by atoms with Crippen LogP contribution in [0.25, 0.3) is 5.65 Å². The molecule has 1 unspecified atom stereocenters. The van der Waals surface area contributed by atoms with Gasteiger partial charge in [0.15, 0.2) is 11.1 Å². The quantitative estimate of drug-likeness (QED) is 0.267. The summed E-state index contributed by atoms with van der Waals surface area (Å²) in [6.07, 6.45) is -3.97. The molecule has 0 spiro atoms. The summed E-state index contributed by atoms with van der Waals surface area (Å²) in [5, 5.41) is 22.8. The first kappa shape index (κ1) is 29.4. The SMILES string of the molecule is CCn1nccc1C(=O)N[C@H](c1cn2nc(CC3(C(=O)O)C[C@H](C(F)(F)F)NC3=O)ccc2n1)C1CCC(F)(F)CC1. The van der Waals surface area contributed by atoms with E-state index in [1.54, 1.807) is 5.32 Å². The maximum absolute atomic E-state index is 14.0. The van der Waals surface area contributed by atoms with Crippen molar-refractivity contribution in [2.24, 2.45) is 11.3 Å². The minimum Gasteiger partial charge on any atom is -0.480 e. The second-order valence-corrected chi connectivity index (χ2v) is 10.8. The number of aromatic nitrogens is 5. The highest BCUT2D eigenvalue weighted by atomic mass is 19.4. The van der Waals surface area contributed by atoms with E-state index >= 15 is 0 Å². The summed E-state index contributed by atoms with van der Waals surface area (Å²) in [4.78, 5) is 42.2. The van der Waals surface area contributed by atoms with Crippen LogP contribution in [-0.2, 0) is 22.6 Å². The van der Waals surface area contributed by atoms with E-state index in [2.05, 4.69) is 20.5 Å². The molecule has 1 aliphatic heterocycles. The third-order valence-corrected chi connectivity index (χ3v) is 8.06. The van der Waals surface area contributed by atoms with Gasteiger partial charge in [-0.1, -0.05) is 0 Å². The number of carboxylic acids is 1. The molecule has 0 bridgehead atoms. The number of amides is 2. The summed E-state index contributed by atoms with van der Waals surface area (Å²) >= 11 is 0. The summed E-state index contributed by atoms with van der Waals surface area (Å²) in [5.41, 5.74) is -1.50. The Bertz CT molecular complexity index is 1510. The third-order valence-electron chi connectivity index (χ3n) is 8.06. The number of imidazole rings is 1. The lowest BCUT2D eigenvalue weighted by Gasteiger charge is -2.33. The molecule has 3 N–H and O–H groups in total. The topological polar surface area (TPSA) is 144 Å². The fraction of sp³-hybridized carbons (Fsp3) is 0.538. The van der Waals surface area contributed by atoms with E-state index in [0.29, 0.717) is 12.2 Å². The average molecular weight is 598 g/mol. The van der Waals surface area contributed by atoms with E-state index in [1.165, 1.54) is 39.8 Å². The summed E-state index contributed by atoms with van der Waals surface area (Å²) in [6, 6.07) is 1.26. The van der Waals surface area contributed by atoms with Crippen LogP contribution in [0.15, 0.2) is 30.6 Å². The van der Waals surface area contributed by atoms with Crippen molar-refractivity contribution in [1.82, 2.24) is 35.0 Å². The first-order chi connectivity index (χ1) is 19.7. The molecule has 1 saturated heterocycles. The molecule has 226 valence electrons. The molecule has 0 aromatic carbocycles.